The molecule has 1 N–H and O–H groups in total. The Bertz CT molecular complexity index is 1490. The van der Waals surface area contributed by atoms with E-state index in [1.807, 2.05) is 44.4 Å². The minimum Gasteiger partial charge on any atom is -0.494 e. The summed E-state index contributed by atoms with van der Waals surface area (Å²) in [7, 11) is -4.14. The number of thioether (sulfide) groups is 1. The Morgan fingerprint density at radius 1 is 0.955 bits per heavy atom. The fourth-order valence-electron chi connectivity index (χ4n) is 5.32. The second-order valence-electron chi connectivity index (χ2n) is 11.1. The van der Waals surface area contributed by atoms with E-state index in [0.717, 1.165) is 52.4 Å². The summed E-state index contributed by atoms with van der Waals surface area (Å²) in [5.41, 5.74) is 2.25. The molecule has 10 heteroatoms. The summed E-state index contributed by atoms with van der Waals surface area (Å²) in [6.07, 6.45) is 7.06. The summed E-state index contributed by atoms with van der Waals surface area (Å²) in [6.45, 7) is 5.72. The molecule has 3 aromatic carbocycles. The molecule has 0 bridgehead atoms. The number of carbonyl (C=O) groups excluding carboxylic acids is 2. The van der Waals surface area contributed by atoms with E-state index in [1.54, 1.807) is 55.5 Å². The predicted molar refractivity (Wildman–Crippen MR) is 177 cm³/mol. The van der Waals surface area contributed by atoms with E-state index in [4.69, 9.17) is 4.74 Å². The van der Waals surface area contributed by atoms with Crippen LogP contribution in [-0.4, -0.2) is 56.6 Å². The summed E-state index contributed by atoms with van der Waals surface area (Å²) in [4.78, 5) is 30.2. The first-order valence-electron chi connectivity index (χ1n) is 15.2. The number of carbonyl (C=O) groups is 2. The second kappa shape index (κ2) is 15.5. The van der Waals surface area contributed by atoms with Crippen LogP contribution in [0.1, 0.15) is 57.1 Å². The number of hydrogen-bond donors (Lipinski definition) is 1. The summed E-state index contributed by atoms with van der Waals surface area (Å²) in [5.74, 6) is -0.117. The molecule has 0 radical (unpaired) electrons. The van der Waals surface area contributed by atoms with Crippen molar-refractivity contribution in [1.29, 1.82) is 0 Å². The third-order valence-corrected chi connectivity index (χ3v) is 10.5. The molecule has 236 valence electrons. The van der Waals surface area contributed by atoms with Gasteiger partial charge in [-0.2, -0.15) is 0 Å². The highest BCUT2D eigenvalue weighted by Gasteiger charge is 2.33. The van der Waals surface area contributed by atoms with Crippen LogP contribution in [0.4, 0.5) is 5.69 Å². The largest absolute Gasteiger partial charge is 0.494 e. The number of aryl methyl sites for hydroxylation is 1. The van der Waals surface area contributed by atoms with Crippen molar-refractivity contribution in [2.24, 2.45) is 0 Å². The maximum atomic E-state index is 14.2. The topological polar surface area (TPSA) is 96.0 Å². The standard InChI is InChI=1S/C34H43N3O5S2/c1-5-42-30-17-15-29(16-18-30)37(44(40,41)32-21-19-31(43-4)20-22-32)24-33(38)36(23-27-13-11-25(2)12-14-27)26(3)34(39)35-28-9-7-6-8-10-28/h11-22,26,28H,5-10,23-24H2,1-4H3,(H,35,39)/t26-/m1/s1. The maximum absolute atomic E-state index is 14.2. The fourth-order valence-corrected chi connectivity index (χ4v) is 7.14. The highest BCUT2D eigenvalue weighted by Crippen LogP contribution is 2.28. The minimum atomic E-state index is -4.14. The Balaban J connectivity index is 1.68. The number of amides is 2. The molecule has 8 nitrogen and oxygen atoms in total. The molecule has 0 unspecified atom stereocenters. The molecule has 1 aliphatic rings. The van der Waals surface area contributed by atoms with Crippen molar-refractivity contribution in [2.75, 3.05) is 23.7 Å². The van der Waals surface area contributed by atoms with Gasteiger partial charge in [0.1, 0.15) is 18.3 Å². The molecule has 3 aromatic rings. The van der Waals surface area contributed by atoms with Crippen LogP contribution in [-0.2, 0) is 26.2 Å². The molecule has 1 saturated carbocycles. The average molecular weight is 638 g/mol. The highest BCUT2D eigenvalue weighted by molar-refractivity contribution is 7.98. The van der Waals surface area contributed by atoms with Crippen LogP contribution < -0.4 is 14.4 Å². The number of anilines is 1. The normalized spacial score (nSPS) is 14.5. The molecule has 1 atom stereocenters. The van der Waals surface area contributed by atoms with Crippen LogP contribution in [0.5, 0.6) is 5.75 Å². The van der Waals surface area contributed by atoms with Gasteiger partial charge in [-0.1, -0.05) is 49.1 Å². The molecule has 2 amide bonds. The summed E-state index contributed by atoms with van der Waals surface area (Å²) >= 11 is 1.51. The van der Waals surface area contributed by atoms with Gasteiger partial charge in [-0.25, -0.2) is 8.42 Å². The molecule has 44 heavy (non-hydrogen) atoms. The predicted octanol–water partition coefficient (Wildman–Crippen LogP) is 6.18. The van der Waals surface area contributed by atoms with Gasteiger partial charge in [0, 0.05) is 17.5 Å². The van der Waals surface area contributed by atoms with E-state index in [-0.39, 0.29) is 23.4 Å². The number of hydrogen-bond acceptors (Lipinski definition) is 6. The van der Waals surface area contributed by atoms with Gasteiger partial charge in [0.15, 0.2) is 0 Å². The van der Waals surface area contributed by atoms with Gasteiger partial charge in [0.05, 0.1) is 17.2 Å². The van der Waals surface area contributed by atoms with Gasteiger partial charge in [0.2, 0.25) is 11.8 Å². The van der Waals surface area contributed by atoms with Crippen LogP contribution in [0.15, 0.2) is 82.6 Å². The van der Waals surface area contributed by atoms with Crippen molar-refractivity contribution in [3.8, 4) is 5.75 Å². The molecule has 1 aliphatic carbocycles. The number of sulfonamides is 1. The zero-order valence-electron chi connectivity index (χ0n) is 26.0. The van der Waals surface area contributed by atoms with Crippen LogP contribution in [0, 0.1) is 6.92 Å². The average Bonchev–Trinajstić information content (AvgIpc) is 3.04. The number of benzene rings is 3. The van der Waals surface area contributed by atoms with Crippen molar-refractivity contribution in [1.82, 2.24) is 10.2 Å². The lowest BCUT2D eigenvalue weighted by atomic mass is 9.95. The Morgan fingerprint density at radius 2 is 1.59 bits per heavy atom. The number of ether oxygens (including phenoxy) is 1. The third kappa shape index (κ3) is 8.57. The van der Waals surface area contributed by atoms with E-state index < -0.39 is 28.5 Å². The molecule has 1 fully saturated rings. The second-order valence-corrected chi connectivity index (χ2v) is 13.9. The minimum absolute atomic E-state index is 0.0742. The number of nitrogens with one attached hydrogen (secondary N) is 1. The number of rotatable bonds is 13. The fraction of sp³-hybridized carbons (Fsp3) is 0.412. The van der Waals surface area contributed by atoms with Gasteiger partial charge in [-0.3, -0.25) is 13.9 Å². The molecule has 0 aliphatic heterocycles. The lowest BCUT2D eigenvalue weighted by Gasteiger charge is -2.33. The molecule has 0 spiro atoms. The Labute approximate surface area is 266 Å². The summed E-state index contributed by atoms with van der Waals surface area (Å²) < 4.78 is 34.9. The molecule has 0 saturated heterocycles. The van der Waals surface area contributed by atoms with Gasteiger partial charge < -0.3 is 15.0 Å². The Kier molecular flexibility index (Phi) is 11.7. The van der Waals surface area contributed by atoms with Crippen molar-refractivity contribution in [3.05, 3.63) is 83.9 Å². The van der Waals surface area contributed by atoms with E-state index in [0.29, 0.717) is 18.0 Å². The van der Waals surface area contributed by atoms with Crippen LogP contribution in [0.2, 0.25) is 0 Å². The van der Waals surface area contributed by atoms with Crippen molar-refractivity contribution in [2.45, 2.75) is 81.3 Å². The van der Waals surface area contributed by atoms with Crippen molar-refractivity contribution in [3.63, 3.8) is 0 Å². The van der Waals surface area contributed by atoms with Gasteiger partial charge >= 0.3 is 0 Å². The first kappa shape index (κ1) is 33.4. The quantitative estimate of drug-likeness (QED) is 0.225. The van der Waals surface area contributed by atoms with Gasteiger partial charge in [0.25, 0.3) is 10.0 Å². The van der Waals surface area contributed by atoms with E-state index >= 15 is 0 Å². The van der Waals surface area contributed by atoms with Crippen molar-refractivity contribution < 1.29 is 22.7 Å². The lowest BCUT2D eigenvalue weighted by Crippen LogP contribution is -2.53. The van der Waals surface area contributed by atoms with Gasteiger partial charge in [-0.05, 0) is 94.0 Å². The van der Waals surface area contributed by atoms with Crippen LogP contribution in [0.25, 0.3) is 0 Å². The summed E-state index contributed by atoms with van der Waals surface area (Å²) in [5, 5.41) is 3.14. The molecule has 0 heterocycles. The molecule has 4 rings (SSSR count). The van der Waals surface area contributed by atoms with Crippen LogP contribution in [0.3, 0.4) is 0 Å². The molecular formula is C34H43N3O5S2. The van der Waals surface area contributed by atoms with Crippen LogP contribution >= 0.6 is 11.8 Å². The Morgan fingerprint density at radius 3 is 2.18 bits per heavy atom. The summed E-state index contributed by atoms with van der Waals surface area (Å²) in [6, 6.07) is 20.3. The highest BCUT2D eigenvalue weighted by atomic mass is 32.2. The van der Waals surface area contributed by atoms with E-state index in [2.05, 4.69) is 5.32 Å². The smallest absolute Gasteiger partial charge is 0.264 e. The number of nitrogens with zero attached hydrogens (tertiary/aromatic N) is 2. The van der Waals surface area contributed by atoms with E-state index in [1.165, 1.54) is 16.7 Å². The first-order valence-corrected chi connectivity index (χ1v) is 17.8. The molecular weight excluding hydrogens is 595 g/mol. The maximum Gasteiger partial charge on any atom is 0.264 e. The van der Waals surface area contributed by atoms with Crippen molar-refractivity contribution >= 4 is 39.3 Å². The first-order chi connectivity index (χ1) is 21.1. The van der Waals surface area contributed by atoms with Gasteiger partial charge in [-0.15, -0.1) is 11.8 Å². The zero-order chi connectivity index (χ0) is 31.7. The third-order valence-electron chi connectivity index (χ3n) is 7.95. The Hall–Kier alpha value is -3.50. The lowest BCUT2D eigenvalue weighted by molar-refractivity contribution is -0.139. The zero-order valence-corrected chi connectivity index (χ0v) is 27.6. The monoisotopic (exact) mass is 637 g/mol. The molecule has 0 aromatic heterocycles. The SMILES string of the molecule is CCOc1ccc(N(CC(=O)N(Cc2ccc(C)cc2)[C@H](C)C(=O)NC2CCCCC2)S(=O)(=O)c2ccc(SC)cc2)cc1. The van der Waals surface area contributed by atoms with E-state index in [9.17, 15) is 18.0 Å².